The minimum Gasteiger partial charge on any atom is -0.316 e. The molecule has 0 heterocycles. The van der Waals surface area contributed by atoms with Crippen molar-refractivity contribution in [2.24, 2.45) is 5.92 Å². The molecule has 21 heavy (non-hydrogen) atoms. The topological polar surface area (TPSA) is 29.1 Å². The van der Waals surface area contributed by atoms with Gasteiger partial charge in [-0.15, -0.1) is 0 Å². The first-order valence-corrected chi connectivity index (χ1v) is 8.29. The van der Waals surface area contributed by atoms with Gasteiger partial charge in [-0.2, -0.15) is 13.2 Å². The zero-order chi connectivity index (χ0) is 15.6. The molecule has 1 fully saturated rings. The van der Waals surface area contributed by atoms with Crippen LogP contribution in [0, 0.1) is 5.92 Å². The summed E-state index contributed by atoms with van der Waals surface area (Å²) in [6, 6.07) is 4.98. The first kappa shape index (κ1) is 16.5. The molecule has 118 valence electrons. The minimum absolute atomic E-state index is 0.0941. The predicted octanol–water partition coefficient (Wildman–Crippen LogP) is 3.59. The van der Waals surface area contributed by atoms with E-state index in [0.717, 1.165) is 31.4 Å². The Labute approximate surface area is 125 Å². The minimum atomic E-state index is -4.40. The molecule has 2 nitrogen and oxygen atoms in total. The van der Waals surface area contributed by atoms with E-state index < -0.39 is 22.5 Å². The van der Waals surface area contributed by atoms with Gasteiger partial charge in [0.1, 0.15) is 0 Å². The number of nitrogens with one attached hydrogen (secondary N) is 1. The van der Waals surface area contributed by atoms with Crippen LogP contribution >= 0.6 is 0 Å². The molecule has 1 aromatic rings. The van der Waals surface area contributed by atoms with Crippen molar-refractivity contribution in [2.45, 2.75) is 48.5 Å². The molecule has 1 aliphatic rings. The Balaban J connectivity index is 2.26. The summed E-state index contributed by atoms with van der Waals surface area (Å²) in [4.78, 5) is 0.268. The zero-order valence-electron chi connectivity index (χ0n) is 12.1. The van der Waals surface area contributed by atoms with E-state index in [1.807, 2.05) is 7.05 Å². The lowest BCUT2D eigenvalue weighted by Gasteiger charge is -2.34. The second-order valence-electron chi connectivity index (χ2n) is 5.67. The molecule has 2 rings (SSSR count). The van der Waals surface area contributed by atoms with Gasteiger partial charge in [-0.3, -0.25) is 4.21 Å². The first-order chi connectivity index (χ1) is 9.82. The van der Waals surface area contributed by atoms with Crippen LogP contribution in [0.4, 0.5) is 13.2 Å². The molecular formula is C15H20F3NOS. The maximum Gasteiger partial charge on any atom is 0.416 e. The molecule has 1 aliphatic carbocycles. The summed E-state index contributed by atoms with van der Waals surface area (Å²) in [6.07, 6.45) is -1.66. The number of halogens is 3. The fourth-order valence-corrected chi connectivity index (χ4v) is 4.75. The summed E-state index contributed by atoms with van der Waals surface area (Å²) in [7, 11) is 0.388. The van der Waals surface area contributed by atoms with E-state index in [1.54, 1.807) is 0 Å². The molecule has 0 aromatic heterocycles. The van der Waals surface area contributed by atoms with Gasteiger partial charge in [0.25, 0.3) is 0 Å². The lowest BCUT2D eigenvalue weighted by atomic mass is 9.87. The monoisotopic (exact) mass is 319 g/mol. The molecule has 0 aliphatic heterocycles. The first-order valence-electron chi connectivity index (χ1n) is 7.08. The highest BCUT2D eigenvalue weighted by atomic mass is 32.2. The summed E-state index contributed by atoms with van der Waals surface area (Å²) >= 11 is 0. The third-order valence-corrected chi connectivity index (χ3v) is 5.88. The smallest absolute Gasteiger partial charge is 0.316 e. The van der Waals surface area contributed by atoms with Crippen molar-refractivity contribution >= 4 is 10.8 Å². The number of hydrogen-bond donors (Lipinski definition) is 1. The number of rotatable bonds is 3. The molecule has 6 heteroatoms. The fraction of sp³-hybridized carbons (Fsp3) is 0.600. The normalized spacial score (nSPS) is 28.3. The van der Waals surface area contributed by atoms with Crippen LogP contribution in [0.15, 0.2) is 29.2 Å². The summed E-state index contributed by atoms with van der Waals surface area (Å²) in [5.74, 6) is 0.453. The molecule has 1 aromatic carbocycles. The van der Waals surface area contributed by atoms with Gasteiger partial charge in [0.05, 0.1) is 21.6 Å². The van der Waals surface area contributed by atoms with Crippen LogP contribution in [0.2, 0.25) is 0 Å². The molecule has 0 saturated heterocycles. The zero-order valence-corrected chi connectivity index (χ0v) is 12.9. The molecule has 4 unspecified atom stereocenters. The van der Waals surface area contributed by atoms with E-state index in [2.05, 4.69) is 12.2 Å². The van der Waals surface area contributed by atoms with Crippen molar-refractivity contribution in [2.75, 3.05) is 7.05 Å². The van der Waals surface area contributed by atoms with E-state index in [9.17, 15) is 17.4 Å². The van der Waals surface area contributed by atoms with Crippen molar-refractivity contribution in [3.05, 3.63) is 29.8 Å². The molecule has 0 radical (unpaired) electrons. The average Bonchev–Trinajstić information content (AvgIpc) is 2.45. The van der Waals surface area contributed by atoms with E-state index >= 15 is 0 Å². The Morgan fingerprint density at radius 2 is 2.00 bits per heavy atom. The summed E-state index contributed by atoms with van der Waals surface area (Å²) in [6.45, 7) is 2.10. The number of alkyl halides is 3. The molecule has 4 atom stereocenters. The van der Waals surface area contributed by atoms with Crippen LogP contribution in [-0.2, 0) is 17.0 Å². The Kier molecular flexibility index (Phi) is 5.09. The lowest BCUT2D eigenvalue weighted by Crippen LogP contribution is -2.44. The van der Waals surface area contributed by atoms with E-state index in [0.29, 0.717) is 5.92 Å². The molecule has 1 saturated carbocycles. The van der Waals surface area contributed by atoms with Crippen LogP contribution in [0.3, 0.4) is 0 Å². The highest BCUT2D eigenvalue weighted by molar-refractivity contribution is 7.85. The van der Waals surface area contributed by atoms with Crippen LogP contribution in [0.1, 0.15) is 31.7 Å². The molecule has 0 bridgehead atoms. The third-order valence-electron chi connectivity index (χ3n) is 4.09. The third kappa shape index (κ3) is 3.86. The SMILES string of the molecule is CNC1CCC(C)CC1S(=O)c1cccc(C(F)(F)F)c1. The fourth-order valence-electron chi connectivity index (χ4n) is 2.87. The van der Waals surface area contributed by atoms with Gasteiger partial charge >= 0.3 is 6.18 Å². The second kappa shape index (κ2) is 6.48. The second-order valence-corrected chi connectivity index (χ2v) is 7.35. The van der Waals surface area contributed by atoms with Gasteiger partial charge < -0.3 is 5.32 Å². The standard InChI is InChI=1S/C15H20F3NOS/c1-10-6-7-13(19-2)14(8-10)21(20)12-5-3-4-11(9-12)15(16,17)18/h3-5,9-10,13-14,19H,6-8H2,1-2H3. The van der Waals surface area contributed by atoms with Crippen molar-refractivity contribution in [1.29, 1.82) is 0 Å². The Bertz CT molecular complexity index is 518. The van der Waals surface area contributed by atoms with E-state index in [4.69, 9.17) is 0 Å². The van der Waals surface area contributed by atoms with Crippen molar-refractivity contribution in [1.82, 2.24) is 5.32 Å². The van der Waals surface area contributed by atoms with Gasteiger partial charge in [0, 0.05) is 10.9 Å². The van der Waals surface area contributed by atoms with E-state index in [-0.39, 0.29) is 16.2 Å². The van der Waals surface area contributed by atoms with Gasteiger partial charge in [0.15, 0.2) is 0 Å². The van der Waals surface area contributed by atoms with Crippen LogP contribution in [0.25, 0.3) is 0 Å². The van der Waals surface area contributed by atoms with Gasteiger partial charge in [-0.1, -0.05) is 13.0 Å². The molecule has 1 N–H and O–H groups in total. The van der Waals surface area contributed by atoms with Gasteiger partial charge in [0.2, 0.25) is 0 Å². The molecule has 0 amide bonds. The van der Waals surface area contributed by atoms with Crippen LogP contribution in [-0.4, -0.2) is 22.5 Å². The van der Waals surface area contributed by atoms with Crippen molar-refractivity contribution in [3.63, 3.8) is 0 Å². The van der Waals surface area contributed by atoms with Crippen LogP contribution in [0.5, 0.6) is 0 Å². The van der Waals surface area contributed by atoms with E-state index in [1.165, 1.54) is 12.1 Å². The maximum atomic E-state index is 12.8. The van der Waals surface area contributed by atoms with Gasteiger partial charge in [-0.25, -0.2) is 0 Å². The van der Waals surface area contributed by atoms with Gasteiger partial charge in [-0.05, 0) is 50.4 Å². The highest BCUT2D eigenvalue weighted by Gasteiger charge is 2.34. The van der Waals surface area contributed by atoms with Crippen LogP contribution < -0.4 is 5.32 Å². The number of benzene rings is 1. The maximum absolute atomic E-state index is 12.8. The summed E-state index contributed by atoms with van der Waals surface area (Å²) < 4.78 is 51.0. The van der Waals surface area contributed by atoms with Crippen molar-refractivity contribution < 1.29 is 17.4 Å². The quantitative estimate of drug-likeness (QED) is 0.922. The van der Waals surface area contributed by atoms with Crippen molar-refractivity contribution in [3.8, 4) is 0 Å². The average molecular weight is 319 g/mol. The Hall–Kier alpha value is -0.880. The largest absolute Gasteiger partial charge is 0.416 e. The Morgan fingerprint density at radius 3 is 2.62 bits per heavy atom. The Morgan fingerprint density at radius 1 is 1.29 bits per heavy atom. The predicted molar refractivity (Wildman–Crippen MR) is 77.5 cm³/mol. The number of hydrogen-bond acceptors (Lipinski definition) is 2. The summed E-state index contributed by atoms with van der Waals surface area (Å²) in [5, 5.41) is 3.02. The molecule has 0 spiro atoms. The summed E-state index contributed by atoms with van der Waals surface area (Å²) in [5.41, 5.74) is -0.738. The lowest BCUT2D eigenvalue weighted by molar-refractivity contribution is -0.137. The highest BCUT2D eigenvalue weighted by Crippen LogP contribution is 2.33. The molecular weight excluding hydrogens is 299 g/mol.